The van der Waals surface area contributed by atoms with Gasteiger partial charge in [-0.25, -0.2) is 9.97 Å². The summed E-state index contributed by atoms with van der Waals surface area (Å²) in [7, 11) is 0. The van der Waals surface area contributed by atoms with Gasteiger partial charge in [-0.05, 0) is 32.0 Å². The number of aromatic nitrogens is 2. The standard InChI is InChI=1S/C15H18N4O2/c1-10(2)21-15-11(5-3-8-18-15)9-19-14(20)13-12(16)6-4-7-17-13/h3-8,10H,9,16H2,1-2H3,(H,19,20). The minimum Gasteiger partial charge on any atom is -0.475 e. The van der Waals surface area contributed by atoms with Gasteiger partial charge in [0.05, 0.1) is 11.8 Å². The average molecular weight is 286 g/mol. The minimum atomic E-state index is -0.326. The molecule has 2 rings (SSSR count). The first-order valence-electron chi connectivity index (χ1n) is 6.67. The zero-order valence-electron chi connectivity index (χ0n) is 12.0. The predicted molar refractivity (Wildman–Crippen MR) is 79.8 cm³/mol. The molecule has 0 saturated heterocycles. The van der Waals surface area contributed by atoms with E-state index >= 15 is 0 Å². The average Bonchev–Trinajstić information content (AvgIpc) is 2.46. The Morgan fingerprint density at radius 3 is 2.71 bits per heavy atom. The Morgan fingerprint density at radius 2 is 2.00 bits per heavy atom. The number of nitrogen functional groups attached to an aromatic ring is 1. The van der Waals surface area contributed by atoms with Crippen molar-refractivity contribution in [3.05, 3.63) is 47.9 Å². The maximum absolute atomic E-state index is 12.1. The van der Waals surface area contributed by atoms with Crippen LogP contribution in [-0.4, -0.2) is 22.0 Å². The Balaban J connectivity index is 2.07. The summed E-state index contributed by atoms with van der Waals surface area (Å²) in [6, 6.07) is 6.97. The molecule has 0 radical (unpaired) electrons. The summed E-state index contributed by atoms with van der Waals surface area (Å²) in [6.07, 6.45) is 3.20. The van der Waals surface area contributed by atoms with Crippen LogP contribution in [0.2, 0.25) is 0 Å². The maximum atomic E-state index is 12.1. The Hall–Kier alpha value is -2.63. The Bertz CT molecular complexity index is 629. The molecule has 0 atom stereocenters. The molecule has 1 amide bonds. The third kappa shape index (κ3) is 3.92. The second-order valence-corrected chi connectivity index (χ2v) is 4.76. The van der Waals surface area contributed by atoms with Crippen molar-refractivity contribution in [2.45, 2.75) is 26.5 Å². The van der Waals surface area contributed by atoms with Crippen LogP contribution in [0.3, 0.4) is 0 Å². The summed E-state index contributed by atoms with van der Waals surface area (Å²) >= 11 is 0. The monoisotopic (exact) mass is 286 g/mol. The number of anilines is 1. The zero-order valence-corrected chi connectivity index (χ0v) is 12.0. The maximum Gasteiger partial charge on any atom is 0.272 e. The quantitative estimate of drug-likeness (QED) is 0.874. The van der Waals surface area contributed by atoms with Gasteiger partial charge in [0.25, 0.3) is 5.91 Å². The number of hydrogen-bond acceptors (Lipinski definition) is 5. The van der Waals surface area contributed by atoms with Crippen LogP contribution < -0.4 is 15.8 Å². The fourth-order valence-corrected chi connectivity index (χ4v) is 1.75. The highest BCUT2D eigenvalue weighted by Crippen LogP contribution is 2.16. The Morgan fingerprint density at radius 1 is 1.29 bits per heavy atom. The third-order valence-corrected chi connectivity index (χ3v) is 2.69. The predicted octanol–water partition coefficient (Wildman–Crippen LogP) is 1.78. The van der Waals surface area contributed by atoms with E-state index in [-0.39, 0.29) is 17.7 Å². The lowest BCUT2D eigenvalue weighted by Gasteiger charge is -2.13. The molecule has 3 N–H and O–H groups in total. The second kappa shape index (κ2) is 6.69. The Kier molecular flexibility index (Phi) is 4.71. The molecule has 110 valence electrons. The molecule has 0 unspecified atom stereocenters. The van der Waals surface area contributed by atoms with E-state index in [0.29, 0.717) is 18.1 Å². The molecule has 0 aliphatic rings. The first-order chi connectivity index (χ1) is 10.1. The highest BCUT2D eigenvalue weighted by molar-refractivity contribution is 5.96. The number of carbonyl (C=O) groups is 1. The number of nitrogens with two attached hydrogens (primary N) is 1. The molecule has 2 aromatic rings. The van der Waals surface area contributed by atoms with E-state index < -0.39 is 0 Å². The van der Waals surface area contributed by atoms with Crippen LogP contribution in [0.1, 0.15) is 29.9 Å². The van der Waals surface area contributed by atoms with E-state index in [1.807, 2.05) is 19.9 Å². The fourth-order valence-electron chi connectivity index (χ4n) is 1.75. The second-order valence-electron chi connectivity index (χ2n) is 4.76. The summed E-state index contributed by atoms with van der Waals surface area (Å²) in [5, 5.41) is 2.77. The van der Waals surface area contributed by atoms with Gasteiger partial charge in [0.1, 0.15) is 0 Å². The van der Waals surface area contributed by atoms with Crippen molar-refractivity contribution in [2.75, 3.05) is 5.73 Å². The molecule has 6 heteroatoms. The van der Waals surface area contributed by atoms with Crippen molar-refractivity contribution < 1.29 is 9.53 Å². The third-order valence-electron chi connectivity index (χ3n) is 2.69. The number of amides is 1. The van der Waals surface area contributed by atoms with Gasteiger partial charge in [0.2, 0.25) is 5.88 Å². The molecule has 2 heterocycles. The normalized spacial score (nSPS) is 10.4. The van der Waals surface area contributed by atoms with Gasteiger partial charge >= 0.3 is 0 Å². The molecule has 0 bridgehead atoms. The van der Waals surface area contributed by atoms with Gasteiger partial charge < -0.3 is 15.8 Å². The van der Waals surface area contributed by atoms with Gasteiger partial charge in [0, 0.05) is 24.5 Å². The van der Waals surface area contributed by atoms with E-state index in [1.165, 1.54) is 6.20 Å². The number of ether oxygens (including phenoxy) is 1. The fraction of sp³-hybridized carbons (Fsp3) is 0.267. The molecule has 0 aliphatic carbocycles. The van der Waals surface area contributed by atoms with Crippen molar-refractivity contribution in [3.8, 4) is 5.88 Å². The van der Waals surface area contributed by atoms with E-state index in [1.54, 1.807) is 24.4 Å². The summed E-state index contributed by atoms with van der Waals surface area (Å²) in [5.41, 5.74) is 7.09. The first-order valence-corrected chi connectivity index (χ1v) is 6.67. The SMILES string of the molecule is CC(C)Oc1ncccc1CNC(=O)c1ncccc1N. The van der Waals surface area contributed by atoms with Crippen molar-refractivity contribution in [1.82, 2.24) is 15.3 Å². The van der Waals surface area contributed by atoms with E-state index in [9.17, 15) is 4.79 Å². The lowest BCUT2D eigenvalue weighted by atomic mass is 10.2. The first kappa shape index (κ1) is 14.8. The van der Waals surface area contributed by atoms with Gasteiger partial charge in [-0.3, -0.25) is 4.79 Å². The molecule has 0 spiro atoms. The summed E-state index contributed by atoms with van der Waals surface area (Å²) < 4.78 is 5.60. The highest BCUT2D eigenvalue weighted by Gasteiger charge is 2.12. The summed E-state index contributed by atoms with van der Waals surface area (Å²) in [6.45, 7) is 4.14. The van der Waals surface area contributed by atoms with Gasteiger partial charge in [-0.2, -0.15) is 0 Å². The highest BCUT2D eigenvalue weighted by atomic mass is 16.5. The number of nitrogens with one attached hydrogen (secondary N) is 1. The van der Waals surface area contributed by atoms with Crippen molar-refractivity contribution in [2.24, 2.45) is 0 Å². The van der Waals surface area contributed by atoms with E-state index in [0.717, 1.165) is 5.56 Å². The number of pyridine rings is 2. The number of rotatable bonds is 5. The van der Waals surface area contributed by atoms with Crippen LogP contribution >= 0.6 is 0 Å². The van der Waals surface area contributed by atoms with Gasteiger partial charge in [0.15, 0.2) is 5.69 Å². The van der Waals surface area contributed by atoms with Gasteiger partial charge in [-0.1, -0.05) is 6.07 Å². The largest absolute Gasteiger partial charge is 0.475 e. The molecule has 6 nitrogen and oxygen atoms in total. The van der Waals surface area contributed by atoms with Crippen LogP contribution in [0, 0.1) is 0 Å². The molecule has 0 aromatic carbocycles. The molecule has 0 fully saturated rings. The van der Waals surface area contributed by atoms with Crippen molar-refractivity contribution in [1.29, 1.82) is 0 Å². The summed E-state index contributed by atoms with van der Waals surface area (Å²) in [4.78, 5) is 20.2. The molecule has 2 aromatic heterocycles. The lowest BCUT2D eigenvalue weighted by Crippen LogP contribution is -2.25. The number of carbonyl (C=O) groups excluding carboxylic acids is 1. The van der Waals surface area contributed by atoms with Gasteiger partial charge in [-0.15, -0.1) is 0 Å². The zero-order chi connectivity index (χ0) is 15.2. The van der Waals surface area contributed by atoms with Crippen LogP contribution in [0.5, 0.6) is 5.88 Å². The van der Waals surface area contributed by atoms with Crippen LogP contribution in [0.4, 0.5) is 5.69 Å². The number of hydrogen-bond donors (Lipinski definition) is 2. The van der Waals surface area contributed by atoms with Crippen LogP contribution in [0.15, 0.2) is 36.7 Å². The Labute approximate surface area is 123 Å². The smallest absolute Gasteiger partial charge is 0.272 e. The number of nitrogens with zero attached hydrogens (tertiary/aromatic N) is 2. The van der Waals surface area contributed by atoms with Crippen LogP contribution in [-0.2, 0) is 6.54 Å². The van der Waals surface area contributed by atoms with E-state index in [2.05, 4.69) is 15.3 Å². The summed E-state index contributed by atoms with van der Waals surface area (Å²) in [5.74, 6) is 0.189. The molecular formula is C15H18N4O2. The molecule has 0 aliphatic heterocycles. The molecule has 21 heavy (non-hydrogen) atoms. The van der Waals surface area contributed by atoms with E-state index in [4.69, 9.17) is 10.5 Å². The molecular weight excluding hydrogens is 268 g/mol. The topological polar surface area (TPSA) is 90.1 Å². The minimum absolute atomic E-state index is 0.0146. The molecule has 0 saturated carbocycles. The van der Waals surface area contributed by atoms with Crippen molar-refractivity contribution >= 4 is 11.6 Å². The lowest BCUT2D eigenvalue weighted by molar-refractivity contribution is 0.0946. The van der Waals surface area contributed by atoms with Crippen LogP contribution in [0.25, 0.3) is 0 Å². The van der Waals surface area contributed by atoms with Crippen molar-refractivity contribution in [3.63, 3.8) is 0 Å².